The van der Waals surface area contributed by atoms with E-state index in [0.717, 1.165) is 50.4 Å². The van der Waals surface area contributed by atoms with Crippen LogP contribution in [0.15, 0.2) is 36.4 Å². The first-order chi connectivity index (χ1) is 16.7. The lowest BCUT2D eigenvalue weighted by Crippen LogP contribution is -2.45. The third-order valence-electron chi connectivity index (χ3n) is 5.33. The predicted molar refractivity (Wildman–Crippen MR) is 125 cm³/mol. The molecule has 1 aliphatic rings. The minimum absolute atomic E-state index is 0.129. The number of piperazine rings is 1. The highest BCUT2D eigenvalue weighted by molar-refractivity contribution is 6.27. The second-order valence-electron chi connectivity index (χ2n) is 7.62. The summed E-state index contributed by atoms with van der Waals surface area (Å²) >= 11 is 0. The van der Waals surface area contributed by atoms with Crippen LogP contribution in [-0.4, -0.2) is 84.4 Å². The molecule has 0 unspecified atom stereocenters. The first-order valence-electron chi connectivity index (χ1n) is 10.6. The third-order valence-corrected chi connectivity index (χ3v) is 5.33. The molecule has 0 aromatic heterocycles. The fraction of sp³-hybridized carbons (Fsp3) is 0.391. The average molecular weight is 491 g/mol. The number of aliphatic carboxylic acids is 2. The van der Waals surface area contributed by atoms with E-state index in [4.69, 9.17) is 34.0 Å². The van der Waals surface area contributed by atoms with Gasteiger partial charge >= 0.3 is 11.9 Å². The van der Waals surface area contributed by atoms with Crippen molar-refractivity contribution in [2.75, 3.05) is 47.5 Å². The summed E-state index contributed by atoms with van der Waals surface area (Å²) in [4.78, 5) is 33.4. The molecule has 0 atom stereocenters. The zero-order valence-electron chi connectivity index (χ0n) is 19.8. The van der Waals surface area contributed by atoms with Crippen LogP contribution in [0.2, 0.25) is 0 Å². The Morgan fingerprint density at radius 1 is 0.829 bits per heavy atom. The Bertz CT molecular complexity index is 982. The zero-order chi connectivity index (χ0) is 26.0. The molecule has 0 aliphatic carbocycles. The van der Waals surface area contributed by atoms with Crippen molar-refractivity contribution in [2.45, 2.75) is 13.1 Å². The summed E-state index contributed by atoms with van der Waals surface area (Å²) in [6.45, 7) is 5.40. The molecule has 0 saturated carbocycles. The van der Waals surface area contributed by atoms with Gasteiger partial charge in [0.05, 0.1) is 26.3 Å². The highest BCUT2D eigenvalue weighted by atomic mass is 16.6. The number of carboxylic acids is 2. The summed E-state index contributed by atoms with van der Waals surface area (Å²) < 4.78 is 16.3. The normalized spacial score (nSPS) is 13.8. The Morgan fingerprint density at radius 3 is 1.60 bits per heavy atom. The molecule has 1 fully saturated rings. The molecular formula is C23H29N3O9. The number of nitro groups is 1. The van der Waals surface area contributed by atoms with Crippen LogP contribution < -0.4 is 14.2 Å². The smallest absolute Gasteiger partial charge is 0.414 e. The molecule has 2 aromatic carbocycles. The highest BCUT2D eigenvalue weighted by Gasteiger charge is 2.19. The van der Waals surface area contributed by atoms with Crippen molar-refractivity contribution < 1.29 is 38.9 Å². The molecule has 1 aliphatic heterocycles. The molecule has 3 rings (SSSR count). The summed E-state index contributed by atoms with van der Waals surface area (Å²) in [6.07, 6.45) is 0. The number of ether oxygens (including phenoxy) is 3. The summed E-state index contributed by atoms with van der Waals surface area (Å²) in [6, 6.07) is 10.8. The Hall–Kier alpha value is -3.90. The van der Waals surface area contributed by atoms with Crippen molar-refractivity contribution in [1.82, 2.24) is 9.80 Å². The lowest BCUT2D eigenvalue weighted by molar-refractivity contribution is -0.384. The van der Waals surface area contributed by atoms with Crippen molar-refractivity contribution >= 4 is 17.6 Å². The number of carbonyl (C=O) groups is 2. The molecule has 2 N–H and O–H groups in total. The van der Waals surface area contributed by atoms with Crippen LogP contribution in [0.1, 0.15) is 11.1 Å². The number of nitro benzene ring substituents is 1. The Kier molecular flexibility index (Phi) is 10.2. The second-order valence-corrected chi connectivity index (χ2v) is 7.62. The molecule has 2 aromatic rings. The topological polar surface area (TPSA) is 152 Å². The largest absolute Gasteiger partial charge is 0.493 e. The zero-order valence-corrected chi connectivity index (χ0v) is 19.8. The lowest BCUT2D eigenvalue weighted by Gasteiger charge is -2.34. The van der Waals surface area contributed by atoms with Gasteiger partial charge < -0.3 is 24.4 Å². The number of benzene rings is 2. The third kappa shape index (κ3) is 8.12. The van der Waals surface area contributed by atoms with Gasteiger partial charge in [0, 0.05) is 51.4 Å². The maximum absolute atomic E-state index is 10.8. The van der Waals surface area contributed by atoms with E-state index in [-0.39, 0.29) is 10.6 Å². The minimum Gasteiger partial charge on any atom is -0.493 e. The van der Waals surface area contributed by atoms with Crippen molar-refractivity contribution in [3.63, 3.8) is 0 Å². The van der Waals surface area contributed by atoms with E-state index >= 15 is 0 Å². The Morgan fingerprint density at radius 2 is 1.26 bits per heavy atom. The van der Waals surface area contributed by atoms with Crippen LogP contribution in [0.3, 0.4) is 0 Å². The van der Waals surface area contributed by atoms with E-state index in [1.807, 2.05) is 24.3 Å². The van der Waals surface area contributed by atoms with Gasteiger partial charge in [0.25, 0.3) is 5.69 Å². The fourth-order valence-corrected chi connectivity index (χ4v) is 3.57. The number of hydrogen-bond acceptors (Lipinski definition) is 9. The molecule has 0 amide bonds. The van der Waals surface area contributed by atoms with E-state index in [0.29, 0.717) is 17.2 Å². The predicted octanol–water partition coefficient (Wildman–Crippen LogP) is 2.09. The minimum atomic E-state index is -1.82. The van der Waals surface area contributed by atoms with Crippen molar-refractivity contribution in [3.8, 4) is 17.2 Å². The molecule has 0 bridgehead atoms. The Labute approximate surface area is 202 Å². The van der Waals surface area contributed by atoms with E-state index < -0.39 is 11.9 Å². The Balaban J connectivity index is 0.000000641. The number of methoxy groups -OCH3 is 3. The second kappa shape index (κ2) is 13.1. The van der Waals surface area contributed by atoms with Gasteiger partial charge in [-0.25, -0.2) is 9.59 Å². The standard InChI is InChI=1S/C21H27N3O5.C2H2O4/c1-27-19-12-17(13-20(28-2)21(19)29-3)15-23-10-8-22(9-11-23)14-16-4-6-18(7-5-16)24(25)26;3-1(4)2(5)6/h4-7,12-13H,8-11,14-15H2,1-3H3;(H,3,4)(H,5,6). The first-order valence-corrected chi connectivity index (χ1v) is 10.6. The van der Waals surface area contributed by atoms with Crippen molar-refractivity contribution in [1.29, 1.82) is 0 Å². The number of rotatable bonds is 8. The van der Waals surface area contributed by atoms with Gasteiger partial charge in [-0.3, -0.25) is 19.9 Å². The summed E-state index contributed by atoms with van der Waals surface area (Å²) in [5.41, 5.74) is 2.33. The van der Waals surface area contributed by atoms with E-state index in [1.54, 1.807) is 33.5 Å². The van der Waals surface area contributed by atoms with Gasteiger partial charge in [-0.15, -0.1) is 0 Å². The molecule has 12 nitrogen and oxygen atoms in total. The monoisotopic (exact) mass is 491 g/mol. The van der Waals surface area contributed by atoms with Gasteiger partial charge in [0.15, 0.2) is 11.5 Å². The number of nitrogens with zero attached hydrogens (tertiary/aromatic N) is 3. The first kappa shape index (κ1) is 27.3. The number of hydrogen-bond donors (Lipinski definition) is 2. The van der Waals surface area contributed by atoms with Crippen molar-refractivity contribution in [3.05, 3.63) is 57.6 Å². The van der Waals surface area contributed by atoms with Crippen LogP contribution >= 0.6 is 0 Å². The number of carboxylic acid groups (broad SMARTS) is 2. The van der Waals surface area contributed by atoms with Crippen LogP contribution in [0.5, 0.6) is 17.2 Å². The maximum atomic E-state index is 10.8. The maximum Gasteiger partial charge on any atom is 0.414 e. The summed E-state index contributed by atoms with van der Waals surface area (Å²) in [5.74, 6) is -1.71. The van der Waals surface area contributed by atoms with Crippen LogP contribution in [-0.2, 0) is 22.7 Å². The van der Waals surface area contributed by atoms with Gasteiger partial charge in [0.2, 0.25) is 5.75 Å². The highest BCUT2D eigenvalue weighted by Crippen LogP contribution is 2.38. The summed E-state index contributed by atoms with van der Waals surface area (Å²) in [5, 5.41) is 25.6. The molecule has 35 heavy (non-hydrogen) atoms. The molecule has 0 spiro atoms. The van der Waals surface area contributed by atoms with E-state index in [2.05, 4.69) is 9.80 Å². The van der Waals surface area contributed by atoms with E-state index in [9.17, 15) is 10.1 Å². The van der Waals surface area contributed by atoms with Crippen LogP contribution in [0.25, 0.3) is 0 Å². The summed E-state index contributed by atoms with van der Waals surface area (Å²) in [7, 11) is 4.85. The molecule has 12 heteroatoms. The average Bonchev–Trinajstić information content (AvgIpc) is 2.85. The molecule has 190 valence electrons. The molecule has 1 heterocycles. The molecule has 0 radical (unpaired) electrons. The van der Waals surface area contributed by atoms with Gasteiger partial charge in [0.1, 0.15) is 0 Å². The molecule has 1 saturated heterocycles. The molecular weight excluding hydrogens is 462 g/mol. The van der Waals surface area contributed by atoms with Crippen LogP contribution in [0.4, 0.5) is 5.69 Å². The lowest BCUT2D eigenvalue weighted by atomic mass is 10.1. The fourth-order valence-electron chi connectivity index (χ4n) is 3.57. The number of non-ortho nitro benzene ring substituents is 1. The van der Waals surface area contributed by atoms with E-state index in [1.165, 1.54) is 0 Å². The SMILES string of the molecule is COc1cc(CN2CCN(Cc3ccc([N+](=O)[O-])cc3)CC2)cc(OC)c1OC.O=C(O)C(=O)O. The van der Waals surface area contributed by atoms with Crippen LogP contribution in [0, 0.1) is 10.1 Å². The van der Waals surface area contributed by atoms with Gasteiger partial charge in [-0.1, -0.05) is 12.1 Å². The van der Waals surface area contributed by atoms with Gasteiger partial charge in [-0.2, -0.15) is 0 Å². The van der Waals surface area contributed by atoms with Crippen molar-refractivity contribution in [2.24, 2.45) is 0 Å². The quantitative estimate of drug-likeness (QED) is 0.317. The van der Waals surface area contributed by atoms with Gasteiger partial charge in [-0.05, 0) is 23.3 Å².